The molecular weight excluding hydrogens is 463 g/mol. The minimum Gasteiger partial charge on any atom is -0.495 e. The first-order valence-corrected chi connectivity index (χ1v) is 10.9. The van der Waals surface area contributed by atoms with Crippen molar-refractivity contribution in [2.24, 2.45) is 0 Å². The smallest absolute Gasteiger partial charge is 0.245 e. The van der Waals surface area contributed by atoms with E-state index in [0.717, 1.165) is 4.31 Å². The molecule has 1 N–H and O–H groups in total. The van der Waals surface area contributed by atoms with E-state index >= 15 is 0 Å². The van der Waals surface area contributed by atoms with Crippen molar-refractivity contribution in [1.82, 2.24) is 4.31 Å². The highest BCUT2D eigenvalue weighted by molar-refractivity contribution is 7.89. The summed E-state index contributed by atoms with van der Waals surface area (Å²) >= 11 is 18.0. The maximum absolute atomic E-state index is 12.9. The van der Waals surface area contributed by atoms with Gasteiger partial charge in [0.25, 0.3) is 0 Å². The zero-order valence-corrected chi connectivity index (χ0v) is 18.9. The summed E-state index contributed by atoms with van der Waals surface area (Å²) in [6.07, 6.45) is 0. The van der Waals surface area contributed by atoms with Crippen LogP contribution in [-0.4, -0.2) is 45.9 Å². The van der Waals surface area contributed by atoms with E-state index in [-0.39, 0.29) is 27.2 Å². The molecular formula is C18H19Cl3N2O5S. The van der Waals surface area contributed by atoms with Crippen molar-refractivity contribution >= 4 is 56.4 Å². The van der Waals surface area contributed by atoms with Crippen LogP contribution in [0.1, 0.15) is 6.92 Å². The van der Waals surface area contributed by atoms with Gasteiger partial charge in [0.15, 0.2) is 0 Å². The fourth-order valence-corrected chi connectivity index (χ4v) is 4.86. The Labute approximate surface area is 184 Å². The second kappa shape index (κ2) is 9.86. The first-order valence-electron chi connectivity index (χ1n) is 8.30. The lowest BCUT2D eigenvalue weighted by Gasteiger charge is -2.21. The Balaban J connectivity index is 2.28. The van der Waals surface area contributed by atoms with Gasteiger partial charge in [0.05, 0.1) is 36.5 Å². The third-order valence-corrected chi connectivity index (χ3v) is 6.86. The summed E-state index contributed by atoms with van der Waals surface area (Å²) in [5, 5.41) is 3.14. The highest BCUT2D eigenvalue weighted by Crippen LogP contribution is 2.36. The van der Waals surface area contributed by atoms with E-state index in [1.807, 2.05) is 0 Å². The summed E-state index contributed by atoms with van der Waals surface area (Å²) in [7, 11) is -1.20. The number of carbonyl (C=O) groups excluding carboxylic acids is 1. The van der Waals surface area contributed by atoms with Gasteiger partial charge in [-0.15, -0.1) is 0 Å². The number of ether oxygens (including phenoxy) is 2. The summed E-state index contributed by atoms with van der Waals surface area (Å²) in [6, 6.07) is 7.07. The highest BCUT2D eigenvalue weighted by Gasteiger charge is 2.28. The molecule has 0 saturated heterocycles. The molecule has 2 aromatic rings. The van der Waals surface area contributed by atoms with Crippen LogP contribution in [0.2, 0.25) is 15.1 Å². The topological polar surface area (TPSA) is 84.9 Å². The Hall–Kier alpha value is -1.71. The lowest BCUT2D eigenvalue weighted by Crippen LogP contribution is -2.38. The van der Waals surface area contributed by atoms with Crippen molar-refractivity contribution in [3.63, 3.8) is 0 Å². The first kappa shape index (κ1) is 23.6. The Kier molecular flexibility index (Phi) is 8.02. The van der Waals surface area contributed by atoms with Gasteiger partial charge in [-0.3, -0.25) is 4.79 Å². The number of anilines is 1. The molecule has 7 nitrogen and oxygen atoms in total. The van der Waals surface area contributed by atoms with Gasteiger partial charge in [0, 0.05) is 23.7 Å². The monoisotopic (exact) mass is 480 g/mol. The Morgan fingerprint density at radius 1 is 1.03 bits per heavy atom. The van der Waals surface area contributed by atoms with Crippen molar-refractivity contribution in [2.75, 3.05) is 32.6 Å². The lowest BCUT2D eigenvalue weighted by molar-refractivity contribution is -0.116. The predicted octanol–water partition coefficient (Wildman–Crippen LogP) is 4.31. The molecule has 158 valence electrons. The van der Waals surface area contributed by atoms with Crippen LogP contribution in [0.15, 0.2) is 35.2 Å². The number of benzene rings is 2. The zero-order valence-electron chi connectivity index (χ0n) is 15.8. The molecule has 2 rings (SSSR count). The number of sulfonamides is 1. The highest BCUT2D eigenvalue weighted by atomic mass is 35.5. The number of nitrogens with one attached hydrogen (secondary N) is 1. The summed E-state index contributed by atoms with van der Waals surface area (Å²) in [4.78, 5) is 12.4. The van der Waals surface area contributed by atoms with Crippen molar-refractivity contribution in [2.45, 2.75) is 11.8 Å². The molecule has 29 heavy (non-hydrogen) atoms. The standard InChI is InChI=1S/C18H19Cl3N2O5S/c1-4-23(29(25,26)17-7-11(19)5-6-12(17)20)10-18(24)22-14-9-15(27-2)13(21)8-16(14)28-3/h5-9H,4,10H2,1-3H3,(H,22,24). The van der Waals surface area contributed by atoms with Crippen LogP contribution in [-0.2, 0) is 14.8 Å². The number of hydrogen-bond donors (Lipinski definition) is 1. The van der Waals surface area contributed by atoms with E-state index < -0.39 is 22.5 Å². The molecule has 0 atom stereocenters. The Morgan fingerprint density at radius 3 is 2.28 bits per heavy atom. The van der Waals surface area contributed by atoms with E-state index in [4.69, 9.17) is 44.3 Å². The third kappa shape index (κ3) is 5.46. The molecule has 0 spiro atoms. The van der Waals surface area contributed by atoms with Gasteiger partial charge in [0.2, 0.25) is 15.9 Å². The molecule has 0 radical (unpaired) electrons. The molecule has 0 bridgehead atoms. The zero-order chi connectivity index (χ0) is 21.8. The van der Waals surface area contributed by atoms with E-state index in [2.05, 4.69) is 5.32 Å². The summed E-state index contributed by atoms with van der Waals surface area (Å²) < 4.78 is 37.2. The van der Waals surface area contributed by atoms with Gasteiger partial charge in [-0.05, 0) is 18.2 Å². The molecule has 0 aliphatic carbocycles. The minimum absolute atomic E-state index is 0.0114. The van der Waals surface area contributed by atoms with E-state index in [1.54, 1.807) is 6.92 Å². The van der Waals surface area contributed by atoms with Crippen molar-refractivity contribution in [3.05, 3.63) is 45.4 Å². The molecule has 1 amide bonds. The van der Waals surface area contributed by atoms with E-state index in [1.165, 1.54) is 44.6 Å². The number of halogens is 3. The normalized spacial score (nSPS) is 11.4. The minimum atomic E-state index is -4.05. The largest absolute Gasteiger partial charge is 0.495 e. The number of nitrogens with zero attached hydrogens (tertiary/aromatic N) is 1. The van der Waals surface area contributed by atoms with Crippen molar-refractivity contribution < 1.29 is 22.7 Å². The summed E-state index contributed by atoms with van der Waals surface area (Å²) in [5.41, 5.74) is 0.285. The second-order valence-electron chi connectivity index (χ2n) is 5.74. The molecule has 0 aliphatic heterocycles. The third-order valence-electron chi connectivity index (χ3n) is 3.93. The number of carbonyl (C=O) groups is 1. The average molecular weight is 482 g/mol. The molecule has 0 saturated carbocycles. The number of amides is 1. The Morgan fingerprint density at radius 2 is 1.69 bits per heavy atom. The lowest BCUT2D eigenvalue weighted by atomic mass is 10.2. The average Bonchev–Trinajstić information content (AvgIpc) is 2.68. The number of rotatable bonds is 8. The number of hydrogen-bond acceptors (Lipinski definition) is 5. The molecule has 0 aliphatic rings. The SMILES string of the molecule is CCN(CC(=O)Nc1cc(OC)c(Cl)cc1OC)S(=O)(=O)c1cc(Cl)ccc1Cl. The molecule has 0 aromatic heterocycles. The van der Waals surface area contributed by atoms with Gasteiger partial charge >= 0.3 is 0 Å². The van der Waals surface area contributed by atoms with Crippen LogP contribution in [0.4, 0.5) is 5.69 Å². The van der Waals surface area contributed by atoms with E-state index in [0.29, 0.717) is 16.5 Å². The van der Waals surface area contributed by atoms with Gasteiger partial charge in [-0.25, -0.2) is 8.42 Å². The fourth-order valence-electron chi connectivity index (χ4n) is 2.49. The predicted molar refractivity (Wildman–Crippen MR) is 114 cm³/mol. The number of likely N-dealkylation sites (N-methyl/N-ethyl adjacent to an activating group) is 1. The van der Waals surface area contributed by atoms with Gasteiger partial charge < -0.3 is 14.8 Å². The fraction of sp³-hybridized carbons (Fsp3) is 0.278. The van der Waals surface area contributed by atoms with Gasteiger partial charge in [0.1, 0.15) is 16.4 Å². The van der Waals surface area contributed by atoms with Gasteiger partial charge in [-0.1, -0.05) is 41.7 Å². The summed E-state index contributed by atoms with van der Waals surface area (Å²) in [5.74, 6) is 0.0395. The molecule has 0 fully saturated rings. The van der Waals surface area contributed by atoms with Crippen molar-refractivity contribution in [3.8, 4) is 11.5 Å². The van der Waals surface area contributed by atoms with E-state index in [9.17, 15) is 13.2 Å². The van der Waals surface area contributed by atoms with Crippen LogP contribution >= 0.6 is 34.8 Å². The van der Waals surface area contributed by atoms with Crippen LogP contribution in [0, 0.1) is 0 Å². The van der Waals surface area contributed by atoms with Crippen LogP contribution in [0.3, 0.4) is 0 Å². The number of methoxy groups -OCH3 is 2. The Bertz CT molecular complexity index is 1010. The molecule has 0 heterocycles. The molecule has 11 heteroatoms. The van der Waals surface area contributed by atoms with Gasteiger partial charge in [-0.2, -0.15) is 4.31 Å². The van der Waals surface area contributed by atoms with Crippen molar-refractivity contribution in [1.29, 1.82) is 0 Å². The quantitative estimate of drug-likeness (QED) is 0.607. The van der Waals surface area contributed by atoms with Crippen LogP contribution < -0.4 is 14.8 Å². The molecule has 2 aromatic carbocycles. The molecule has 0 unspecified atom stereocenters. The first-order chi connectivity index (χ1) is 13.6. The maximum Gasteiger partial charge on any atom is 0.245 e. The summed E-state index contributed by atoms with van der Waals surface area (Å²) in [6.45, 7) is 1.20. The van der Waals surface area contributed by atoms with Crippen LogP contribution in [0.5, 0.6) is 11.5 Å². The maximum atomic E-state index is 12.9. The second-order valence-corrected chi connectivity index (χ2v) is 8.90. The van der Waals surface area contributed by atoms with Crippen LogP contribution in [0.25, 0.3) is 0 Å².